The summed E-state index contributed by atoms with van der Waals surface area (Å²) in [5.74, 6) is -1.46. The van der Waals surface area contributed by atoms with Crippen LogP contribution in [-0.4, -0.2) is 21.2 Å². The average Bonchev–Trinajstić information content (AvgIpc) is 3.18. The predicted octanol–water partition coefficient (Wildman–Crippen LogP) is 5.89. The first-order chi connectivity index (χ1) is 14.3. The lowest BCUT2D eigenvalue weighted by Gasteiger charge is -2.08. The number of nitrogens with one attached hydrogen (secondary N) is 1. The first-order valence-electron chi connectivity index (χ1n) is 9.16. The lowest BCUT2D eigenvalue weighted by Crippen LogP contribution is -2.23. The van der Waals surface area contributed by atoms with E-state index in [-0.39, 0.29) is 10.7 Å². The number of amides is 1. The molecular weight excluding hydrogens is 441 g/mol. The normalized spacial score (nSPS) is 11.1. The Bertz CT molecular complexity index is 1260. The van der Waals surface area contributed by atoms with E-state index in [0.29, 0.717) is 22.1 Å². The van der Waals surface area contributed by atoms with Crippen LogP contribution in [-0.2, 0) is 11.3 Å². The fourth-order valence-corrected chi connectivity index (χ4v) is 4.48. The molecule has 0 radical (unpaired) electrons. The zero-order chi connectivity index (χ0) is 21.4. The zero-order valence-electron chi connectivity index (χ0n) is 16.2. The Kier molecular flexibility index (Phi) is 5.64. The Morgan fingerprint density at radius 3 is 2.43 bits per heavy atom. The topological polar surface area (TPSA) is 64.0 Å². The third-order valence-corrected chi connectivity index (χ3v) is 6.48. The number of ketones is 1. The molecule has 152 valence electrons. The van der Waals surface area contributed by atoms with E-state index in [1.807, 2.05) is 48.7 Å². The lowest BCUT2D eigenvalue weighted by molar-refractivity contribution is -0.112. The number of anilines is 1. The molecule has 5 nitrogen and oxygen atoms in total. The minimum atomic E-state index is -0.764. The maximum absolute atomic E-state index is 13.0. The largest absolute Gasteiger partial charge is 0.327 e. The van der Waals surface area contributed by atoms with E-state index in [4.69, 9.17) is 23.2 Å². The Hall–Kier alpha value is -2.67. The molecule has 0 atom stereocenters. The number of halogens is 2. The predicted molar refractivity (Wildman–Crippen MR) is 122 cm³/mol. The minimum Gasteiger partial charge on any atom is -0.327 e. The quantitative estimate of drug-likeness (QED) is 0.300. The second-order valence-corrected chi connectivity index (χ2v) is 8.84. The van der Waals surface area contributed by atoms with E-state index in [1.54, 1.807) is 18.2 Å². The van der Waals surface area contributed by atoms with Crippen LogP contribution in [0.15, 0.2) is 48.5 Å². The number of carbonyl (C=O) groups is 2. The number of aryl methyl sites for hydroxylation is 2. The molecule has 1 amide bonds. The van der Waals surface area contributed by atoms with E-state index < -0.39 is 11.7 Å². The summed E-state index contributed by atoms with van der Waals surface area (Å²) in [5, 5.41) is 4.48. The van der Waals surface area contributed by atoms with Gasteiger partial charge in [0, 0.05) is 21.8 Å². The number of hydrogen-bond acceptors (Lipinski definition) is 4. The van der Waals surface area contributed by atoms with Crippen molar-refractivity contribution in [3.63, 3.8) is 0 Å². The van der Waals surface area contributed by atoms with Crippen LogP contribution in [0.2, 0.25) is 10.2 Å². The highest BCUT2D eigenvalue weighted by Gasteiger charge is 2.27. The Labute approximate surface area is 187 Å². The summed E-state index contributed by atoms with van der Waals surface area (Å²) in [6, 6.07) is 14.7. The highest BCUT2D eigenvalue weighted by Crippen LogP contribution is 2.32. The van der Waals surface area contributed by atoms with Gasteiger partial charge in [0.05, 0.1) is 16.8 Å². The van der Waals surface area contributed by atoms with Crippen molar-refractivity contribution in [2.75, 3.05) is 5.32 Å². The number of rotatable bonds is 5. The van der Waals surface area contributed by atoms with Crippen LogP contribution in [0.5, 0.6) is 0 Å². The standard InChI is InChI=1S/C22H17Cl2N3O2S/c1-12-13(2)30-22(25-12)26-21(29)19(28)18-16-5-3-4-6-17(16)27(20(18)24)11-14-7-9-15(23)10-8-14/h3-10H,11H2,1-2H3,(H,25,26,29). The Balaban J connectivity index is 1.71. The van der Waals surface area contributed by atoms with Gasteiger partial charge in [0.15, 0.2) is 5.13 Å². The van der Waals surface area contributed by atoms with Crippen molar-refractivity contribution in [1.29, 1.82) is 0 Å². The number of Topliss-reactive ketones (excluding diaryl/α,β-unsaturated/α-hetero) is 1. The monoisotopic (exact) mass is 457 g/mol. The summed E-state index contributed by atoms with van der Waals surface area (Å²) in [6.45, 7) is 4.20. The molecule has 0 aliphatic heterocycles. The van der Waals surface area contributed by atoms with Crippen molar-refractivity contribution < 1.29 is 9.59 Å². The molecule has 0 saturated heterocycles. The van der Waals surface area contributed by atoms with Crippen molar-refractivity contribution in [2.45, 2.75) is 20.4 Å². The van der Waals surface area contributed by atoms with Gasteiger partial charge >= 0.3 is 0 Å². The molecule has 0 unspecified atom stereocenters. The SMILES string of the molecule is Cc1nc(NC(=O)C(=O)c2c(Cl)n(Cc3ccc(Cl)cc3)c3ccccc23)sc1C. The number of nitrogens with zero attached hydrogens (tertiary/aromatic N) is 2. The molecule has 4 rings (SSSR count). The molecule has 0 bridgehead atoms. The molecule has 30 heavy (non-hydrogen) atoms. The van der Waals surface area contributed by atoms with Gasteiger partial charge in [0.2, 0.25) is 0 Å². The van der Waals surface area contributed by atoms with Crippen molar-refractivity contribution >= 4 is 62.3 Å². The van der Waals surface area contributed by atoms with Crippen molar-refractivity contribution in [2.24, 2.45) is 0 Å². The second-order valence-electron chi connectivity index (χ2n) is 6.84. The molecule has 0 spiro atoms. The van der Waals surface area contributed by atoms with Gasteiger partial charge in [0.25, 0.3) is 11.7 Å². The summed E-state index contributed by atoms with van der Waals surface area (Å²) < 4.78 is 1.82. The average molecular weight is 458 g/mol. The first kappa shape index (κ1) is 20.6. The van der Waals surface area contributed by atoms with Gasteiger partial charge in [-0.3, -0.25) is 14.9 Å². The highest BCUT2D eigenvalue weighted by molar-refractivity contribution is 7.15. The third kappa shape index (κ3) is 3.86. The summed E-state index contributed by atoms with van der Waals surface area (Å²) in [4.78, 5) is 30.9. The smallest absolute Gasteiger partial charge is 0.298 e. The van der Waals surface area contributed by atoms with Gasteiger partial charge in [-0.15, -0.1) is 11.3 Å². The van der Waals surface area contributed by atoms with Crippen LogP contribution in [0.4, 0.5) is 5.13 Å². The molecule has 2 heterocycles. The number of hydrogen-bond donors (Lipinski definition) is 1. The van der Waals surface area contributed by atoms with Gasteiger partial charge in [-0.1, -0.05) is 53.5 Å². The summed E-state index contributed by atoms with van der Waals surface area (Å²) in [6.07, 6.45) is 0. The van der Waals surface area contributed by atoms with Gasteiger partial charge < -0.3 is 4.57 Å². The van der Waals surface area contributed by atoms with Crippen molar-refractivity contribution in [3.05, 3.63) is 80.4 Å². The molecule has 0 aliphatic carbocycles. The molecule has 4 aromatic rings. The van der Waals surface area contributed by atoms with E-state index in [1.165, 1.54) is 11.3 Å². The van der Waals surface area contributed by atoms with Gasteiger partial charge in [-0.25, -0.2) is 4.98 Å². The molecule has 2 aromatic carbocycles. The fourth-order valence-electron chi connectivity index (χ4n) is 3.21. The van der Waals surface area contributed by atoms with Crippen LogP contribution >= 0.6 is 34.5 Å². The number of aromatic nitrogens is 2. The second kappa shape index (κ2) is 8.22. The van der Waals surface area contributed by atoms with E-state index in [0.717, 1.165) is 21.7 Å². The lowest BCUT2D eigenvalue weighted by atomic mass is 10.1. The number of thiazole rings is 1. The number of carbonyl (C=O) groups excluding carboxylic acids is 2. The van der Waals surface area contributed by atoms with Gasteiger partial charge in [-0.05, 0) is 37.6 Å². The number of benzene rings is 2. The molecule has 0 aliphatic rings. The highest BCUT2D eigenvalue weighted by atomic mass is 35.5. The fraction of sp³-hybridized carbons (Fsp3) is 0.136. The van der Waals surface area contributed by atoms with Gasteiger partial charge in [0.1, 0.15) is 5.15 Å². The number of para-hydroxylation sites is 1. The molecular formula is C22H17Cl2N3O2S. The summed E-state index contributed by atoms with van der Waals surface area (Å²) in [7, 11) is 0. The van der Waals surface area contributed by atoms with Gasteiger partial charge in [-0.2, -0.15) is 0 Å². The van der Waals surface area contributed by atoms with E-state index in [9.17, 15) is 9.59 Å². The first-order valence-corrected chi connectivity index (χ1v) is 10.7. The minimum absolute atomic E-state index is 0.184. The summed E-state index contributed by atoms with van der Waals surface area (Å²) in [5.41, 5.74) is 2.75. The number of fused-ring (bicyclic) bond motifs is 1. The van der Waals surface area contributed by atoms with E-state index >= 15 is 0 Å². The Morgan fingerprint density at radius 1 is 1.07 bits per heavy atom. The van der Waals surface area contributed by atoms with Crippen LogP contribution in [0.3, 0.4) is 0 Å². The van der Waals surface area contributed by atoms with Crippen LogP contribution < -0.4 is 5.32 Å². The molecule has 2 aromatic heterocycles. The van der Waals surface area contributed by atoms with Crippen molar-refractivity contribution in [3.8, 4) is 0 Å². The van der Waals surface area contributed by atoms with E-state index in [2.05, 4.69) is 10.3 Å². The van der Waals surface area contributed by atoms with Crippen molar-refractivity contribution in [1.82, 2.24) is 9.55 Å². The van der Waals surface area contributed by atoms with Crippen LogP contribution in [0.1, 0.15) is 26.5 Å². The molecule has 0 saturated carbocycles. The maximum atomic E-state index is 13.0. The maximum Gasteiger partial charge on any atom is 0.298 e. The summed E-state index contributed by atoms with van der Waals surface area (Å²) >= 11 is 13.9. The van der Waals surface area contributed by atoms with Crippen LogP contribution in [0, 0.1) is 13.8 Å². The third-order valence-electron chi connectivity index (χ3n) is 4.84. The molecule has 8 heteroatoms. The molecule has 1 N–H and O–H groups in total. The van der Waals surface area contributed by atoms with Crippen LogP contribution in [0.25, 0.3) is 10.9 Å². The zero-order valence-corrected chi connectivity index (χ0v) is 18.5. The Morgan fingerprint density at radius 2 is 1.77 bits per heavy atom. The molecule has 0 fully saturated rings.